The van der Waals surface area contributed by atoms with Gasteiger partial charge in [-0.05, 0) is 13.3 Å². The number of rotatable bonds is 5. The number of hydrogen-bond acceptors (Lipinski definition) is 2. The van der Waals surface area contributed by atoms with Gasteiger partial charge in [-0.3, -0.25) is 4.21 Å². The highest BCUT2D eigenvalue weighted by Crippen LogP contribution is 2.12. The van der Waals surface area contributed by atoms with E-state index in [1.165, 1.54) is 6.26 Å². The van der Waals surface area contributed by atoms with Crippen molar-refractivity contribution < 1.29 is 17.4 Å². The SMILES string of the molecule is CC(CCS(C)=O)NCC(F)(F)F. The van der Waals surface area contributed by atoms with Gasteiger partial charge in [-0.1, -0.05) is 0 Å². The molecule has 0 radical (unpaired) electrons. The van der Waals surface area contributed by atoms with Crippen LogP contribution >= 0.6 is 0 Å². The maximum atomic E-state index is 11.7. The molecule has 0 aliphatic rings. The maximum absolute atomic E-state index is 11.7. The molecule has 1 N–H and O–H groups in total. The summed E-state index contributed by atoms with van der Waals surface area (Å²) in [6.07, 6.45) is -2.13. The highest BCUT2D eigenvalue weighted by atomic mass is 32.2. The van der Waals surface area contributed by atoms with Gasteiger partial charge in [0.25, 0.3) is 0 Å². The van der Waals surface area contributed by atoms with Crippen LogP contribution in [0.25, 0.3) is 0 Å². The zero-order valence-electron chi connectivity index (χ0n) is 7.65. The van der Waals surface area contributed by atoms with Crippen molar-refractivity contribution in [3.63, 3.8) is 0 Å². The molecule has 6 heteroatoms. The van der Waals surface area contributed by atoms with E-state index < -0.39 is 23.5 Å². The Bertz CT molecular complexity index is 172. The molecule has 2 atom stereocenters. The van der Waals surface area contributed by atoms with Gasteiger partial charge >= 0.3 is 6.18 Å². The molecular formula is C7H14F3NOS. The lowest BCUT2D eigenvalue weighted by Gasteiger charge is -2.14. The molecule has 0 spiro atoms. The molecule has 0 saturated carbocycles. The second-order valence-corrected chi connectivity index (χ2v) is 4.52. The Morgan fingerprint density at radius 2 is 2.00 bits per heavy atom. The molecule has 0 aromatic rings. The lowest BCUT2D eigenvalue weighted by Crippen LogP contribution is -2.35. The molecule has 0 bridgehead atoms. The predicted molar refractivity (Wildman–Crippen MR) is 47.1 cm³/mol. The molecule has 0 amide bonds. The Morgan fingerprint density at radius 3 is 2.38 bits per heavy atom. The van der Waals surface area contributed by atoms with Crippen LogP contribution in [0, 0.1) is 0 Å². The van der Waals surface area contributed by atoms with Crippen molar-refractivity contribution in [3.8, 4) is 0 Å². The van der Waals surface area contributed by atoms with Gasteiger partial charge in [-0.25, -0.2) is 0 Å². The minimum Gasteiger partial charge on any atom is -0.306 e. The van der Waals surface area contributed by atoms with Crippen LogP contribution in [0.15, 0.2) is 0 Å². The summed E-state index contributed by atoms with van der Waals surface area (Å²) in [5, 5.41) is 2.32. The minimum atomic E-state index is -4.17. The fraction of sp³-hybridized carbons (Fsp3) is 1.00. The smallest absolute Gasteiger partial charge is 0.306 e. The lowest BCUT2D eigenvalue weighted by atomic mass is 10.2. The van der Waals surface area contributed by atoms with Crippen molar-refractivity contribution >= 4 is 10.8 Å². The number of alkyl halides is 3. The fourth-order valence-corrected chi connectivity index (χ4v) is 1.42. The van der Waals surface area contributed by atoms with Crippen molar-refractivity contribution in [2.45, 2.75) is 25.6 Å². The average Bonchev–Trinajstić information content (AvgIpc) is 1.95. The number of halogens is 3. The van der Waals surface area contributed by atoms with Gasteiger partial charge in [0, 0.05) is 28.9 Å². The van der Waals surface area contributed by atoms with Crippen LogP contribution in [0.2, 0.25) is 0 Å². The molecule has 0 aliphatic carbocycles. The third-order valence-corrected chi connectivity index (χ3v) is 2.30. The van der Waals surface area contributed by atoms with Gasteiger partial charge < -0.3 is 5.32 Å². The topological polar surface area (TPSA) is 29.1 Å². The zero-order valence-corrected chi connectivity index (χ0v) is 8.47. The van der Waals surface area contributed by atoms with Crippen LogP contribution in [0.3, 0.4) is 0 Å². The minimum absolute atomic E-state index is 0.245. The first-order chi connectivity index (χ1) is 5.81. The highest BCUT2D eigenvalue weighted by molar-refractivity contribution is 7.84. The van der Waals surface area contributed by atoms with E-state index in [4.69, 9.17) is 0 Å². The second-order valence-electron chi connectivity index (χ2n) is 2.96. The van der Waals surface area contributed by atoms with Gasteiger partial charge in [-0.2, -0.15) is 13.2 Å². The first kappa shape index (κ1) is 12.9. The fourth-order valence-electron chi connectivity index (χ4n) is 0.735. The zero-order chi connectivity index (χ0) is 10.5. The summed E-state index contributed by atoms with van der Waals surface area (Å²) >= 11 is 0. The van der Waals surface area contributed by atoms with Crippen molar-refractivity contribution in [3.05, 3.63) is 0 Å². The van der Waals surface area contributed by atoms with E-state index in [1.54, 1.807) is 6.92 Å². The standard InChI is InChI=1S/C7H14F3NOS/c1-6(3-4-13(2)12)11-5-7(8,9)10/h6,11H,3-5H2,1-2H3. The van der Waals surface area contributed by atoms with Crippen molar-refractivity contribution in [2.75, 3.05) is 18.6 Å². The van der Waals surface area contributed by atoms with Gasteiger partial charge in [0.15, 0.2) is 0 Å². The molecule has 13 heavy (non-hydrogen) atoms. The molecule has 0 aliphatic heterocycles. The van der Waals surface area contributed by atoms with Crippen LogP contribution in [-0.4, -0.2) is 35.0 Å². The van der Waals surface area contributed by atoms with E-state index in [2.05, 4.69) is 5.32 Å². The summed E-state index contributed by atoms with van der Waals surface area (Å²) in [7, 11) is -0.932. The quantitative estimate of drug-likeness (QED) is 0.752. The van der Waals surface area contributed by atoms with Gasteiger partial charge in [0.05, 0.1) is 6.54 Å². The molecule has 0 rings (SSSR count). The van der Waals surface area contributed by atoms with E-state index in [9.17, 15) is 17.4 Å². The molecule has 0 heterocycles. The van der Waals surface area contributed by atoms with Crippen LogP contribution in [0.4, 0.5) is 13.2 Å². The third-order valence-electron chi connectivity index (χ3n) is 1.49. The maximum Gasteiger partial charge on any atom is 0.401 e. The molecule has 80 valence electrons. The van der Waals surface area contributed by atoms with E-state index in [0.717, 1.165) is 0 Å². The number of hydrogen-bond donors (Lipinski definition) is 1. The van der Waals surface area contributed by atoms with E-state index in [0.29, 0.717) is 12.2 Å². The Kier molecular flexibility index (Phi) is 5.55. The Hall–Kier alpha value is -0.100. The molecule has 2 nitrogen and oxygen atoms in total. The van der Waals surface area contributed by atoms with Gasteiger partial charge in [0.1, 0.15) is 0 Å². The molecule has 0 aromatic carbocycles. The molecule has 2 unspecified atom stereocenters. The largest absolute Gasteiger partial charge is 0.401 e. The normalized spacial score (nSPS) is 17.0. The average molecular weight is 217 g/mol. The molecule has 0 aromatic heterocycles. The second kappa shape index (κ2) is 5.59. The summed E-state index contributed by atoms with van der Waals surface area (Å²) in [6, 6.07) is -0.245. The molecule has 0 saturated heterocycles. The third kappa shape index (κ3) is 9.82. The van der Waals surface area contributed by atoms with Gasteiger partial charge in [0.2, 0.25) is 0 Å². The van der Waals surface area contributed by atoms with Crippen LogP contribution < -0.4 is 5.32 Å². The summed E-state index contributed by atoms with van der Waals surface area (Å²) in [5.41, 5.74) is 0. The summed E-state index contributed by atoms with van der Waals surface area (Å²) < 4.78 is 45.7. The Balaban J connectivity index is 3.52. The van der Waals surface area contributed by atoms with Crippen LogP contribution in [0.5, 0.6) is 0 Å². The predicted octanol–water partition coefficient (Wildman–Crippen LogP) is 1.30. The number of nitrogens with one attached hydrogen (secondary N) is 1. The first-order valence-corrected chi connectivity index (χ1v) is 5.64. The molecular weight excluding hydrogens is 203 g/mol. The summed E-state index contributed by atoms with van der Waals surface area (Å²) in [5.74, 6) is 0.437. The van der Waals surface area contributed by atoms with E-state index >= 15 is 0 Å². The Morgan fingerprint density at radius 1 is 1.46 bits per heavy atom. The van der Waals surface area contributed by atoms with E-state index in [-0.39, 0.29) is 6.04 Å². The van der Waals surface area contributed by atoms with Crippen molar-refractivity contribution in [2.24, 2.45) is 0 Å². The van der Waals surface area contributed by atoms with Gasteiger partial charge in [-0.15, -0.1) is 0 Å². The van der Waals surface area contributed by atoms with Crippen LogP contribution in [0.1, 0.15) is 13.3 Å². The molecule has 0 fully saturated rings. The lowest BCUT2D eigenvalue weighted by molar-refractivity contribution is -0.126. The van der Waals surface area contributed by atoms with E-state index in [1.807, 2.05) is 0 Å². The Labute approximate surface area is 78.3 Å². The highest BCUT2D eigenvalue weighted by Gasteiger charge is 2.27. The van der Waals surface area contributed by atoms with Crippen LogP contribution in [-0.2, 0) is 10.8 Å². The summed E-state index contributed by atoms with van der Waals surface area (Å²) in [4.78, 5) is 0. The first-order valence-electron chi connectivity index (χ1n) is 3.91. The monoisotopic (exact) mass is 217 g/mol. The van der Waals surface area contributed by atoms with Crippen molar-refractivity contribution in [1.82, 2.24) is 5.32 Å². The van der Waals surface area contributed by atoms with Crippen molar-refractivity contribution in [1.29, 1.82) is 0 Å². The summed E-state index contributed by atoms with van der Waals surface area (Å²) in [6.45, 7) is 0.670.